The van der Waals surface area contributed by atoms with Crippen LogP contribution in [0.1, 0.15) is 23.7 Å². The SMILES string of the molecule is Cc1ccc(OC(C)C(=O)NCc2ccccn2)cc1C. The van der Waals surface area contributed by atoms with Crippen LogP contribution in [-0.4, -0.2) is 17.0 Å². The lowest BCUT2D eigenvalue weighted by molar-refractivity contribution is -0.127. The molecule has 0 radical (unpaired) electrons. The maximum Gasteiger partial charge on any atom is 0.261 e. The van der Waals surface area contributed by atoms with E-state index in [2.05, 4.69) is 10.3 Å². The van der Waals surface area contributed by atoms with Gasteiger partial charge >= 0.3 is 0 Å². The molecule has 0 aliphatic carbocycles. The highest BCUT2D eigenvalue weighted by atomic mass is 16.5. The van der Waals surface area contributed by atoms with Gasteiger partial charge in [-0.15, -0.1) is 0 Å². The number of hydrogen-bond donors (Lipinski definition) is 1. The number of benzene rings is 1. The van der Waals surface area contributed by atoms with Crippen LogP contribution in [0.3, 0.4) is 0 Å². The molecule has 0 aliphatic heterocycles. The summed E-state index contributed by atoms with van der Waals surface area (Å²) in [5, 5.41) is 2.82. The van der Waals surface area contributed by atoms with Gasteiger partial charge in [0.05, 0.1) is 12.2 Å². The van der Waals surface area contributed by atoms with Crippen molar-refractivity contribution in [3.05, 3.63) is 59.4 Å². The lowest BCUT2D eigenvalue weighted by atomic mass is 10.1. The maximum absolute atomic E-state index is 12.0. The van der Waals surface area contributed by atoms with Gasteiger partial charge in [0.15, 0.2) is 6.10 Å². The number of carbonyl (C=O) groups is 1. The molecule has 1 aromatic heterocycles. The standard InChI is InChI=1S/C17H20N2O2/c1-12-7-8-16(10-13(12)2)21-14(3)17(20)19-11-15-6-4-5-9-18-15/h4-10,14H,11H2,1-3H3,(H,19,20). The molecule has 2 aromatic rings. The Balaban J connectivity index is 1.88. The van der Waals surface area contributed by atoms with E-state index >= 15 is 0 Å². The minimum absolute atomic E-state index is 0.154. The first-order valence-corrected chi connectivity index (χ1v) is 6.98. The van der Waals surface area contributed by atoms with Crippen LogP contribution in [-0.2, 0) is 11.3 Å². The number of rotatable bonds is 5. The topological polar surface area (TPSA) is 51.2 Å². The van der Waals surface area contributed by atoms with E-state index in [0.29, 0.717) is 12.3 Å². The molecule has 2 rings (SSSR count). The summed E-state index contributed by atoms with van der Waals surface area (Å²) in [5.41, 5.74) is 3.17. The molecule has 0 spiro atoms. The molecule has 4 heteroatoms. The number of carbonyl (C=O) groups excluding carboxylic acids is 1. The smallest absolute Gasteiger partial charge is 0.261 e. The van der Waals surface area contributed by atoms with E-state index in [9.17, 15) is 4.79 Å². The van der Waals surface area contributed by atoms with Gasteiger partial charge in [-0.05, 0) is 56.2 Å². The van der Waals surface area contributed by atoms with Gasteiger partial charge in [0.25, 0.3) is 5.91 Å². The number of pyridine rings is 1. The molecule has 110 valence electrons. The fraction of sp³-hybridized carbons (Fsp3) is 0.294. The zero-order chi connectivity index (χ0) is 15.2. The molecule has 1 N–H and O–H groups in total. The van der Waals surface area contributed by atoms with Crippen LogP contribution in [0.5, 0.6) is 5.75 Å². The summed E-state index contributed by atoms with van der Waals surface area (Å²) in [6.45, 7) is 6.21. The van der Waals surface area contributed by atoms with E-state index in [1.54, 1.807) is 13.1 Å². The quantitative estimate of drug-likeness (QED) is 0.918. The number of nitrogens with zero attached hydrogens (tertiary/aromatic N) is 1. The summed E-state index contributed by atoms with van der Waals surface area (Å²) in [7, 11) is 0. The molecule has 1 atom stereocenters. The fourth-order valence-electron chi connectivity index (χ4n) is 1.87. The second kappa shape index (κ2) is 6.88. The van der Waals surface area contributed by atoms with Gasteiger partial charge in [-0.1, -0.05) is 12.1 Å². The highest BCUT2D eigenvalue weighted by molar-refractivity contribution is 5.80. The van der Waals surface area contributed by atoms with Gasteiger partial charge in [-0.25, -0.2) is 0 Å². The highest BCUT2D eigenvalue weighted by Crippen LogP contribution is 2.17. The van der Waals surface area contributed by atoms with Crippen molar-refractivity contribution in [3.8, 4) is 5.75 Å². The third kappa shape index (κ3) is 4.31. The summed E-state index contributed by atoms with van der Waals surface area (Å²) >= 11 is 0. The van der Waals surface area contributed by atoms with E-state index < -0.39 is 6.10 Å². The maximum atomic E-state index is 12.0. The minimum Gasteiger partial charge on any atom is -0.481 e. The van der Waals surface area contributed by atoms with Gasteiger partial charge < -0.3 is 10.1 Å². The highest BCUT2D eigenvalue weighted by Gasteiger charge is 2.14. The van der Waals surface area contributed by atoms with Gasteiger partial charge in [-0.2, -0.15) is 0 Å². The largest absolute Gasteiger partial charge is 0.481 e. The van der Waals surface area contributed by atoms with Gasteiger partial charge in [0.2, 0.25) is 0 Å². The Morgan fingerprint density at radius 3 is 2.71 bits per heavy atom. The molecular formula is C17H20N2O2. The molecule has 0 aliphatic rings. The number of hydrogen-bond acceptors (Lipinski definition) is 3. The van der Waals surface area contributed by atoms with Gasteiger partial charge in [0.1, 0.15) is 5.75 Å². The molecule has 0 fully saturated rings. The minimum atomic E-state index is -0.546. The molecule has 0 saturated heterocycles. The van der Waals surface area contributed by atoms with Crippen molar-refractivity contribution in [3.63, 3.8) is 0 Å². The van der Waals surface area contributed by atoms with Crippen LogP contribution in [0.15, 0.2) is 42.6 Å². The van der Waals surface area contributed by atoms with Crippen molar-refractivity contribution >= 4 is 5.91 Å². The summed E-state index contributed by atoms with van der Waals surface area (Å²) in [5.74, 6) is 0.553. The van der Waals surface area contributed by atoms with E-state index in [0.717, 1.165) is 11.3 Å². The van der Waals surface area contributed by atoms with Crippen LogP contribution in [0.2, 0.25) is 0 Å². The number of amides is 1. The Bertz CT molecular complexity index is 611. The van der Waals surface area contributed by atoms with Crippen molar-refractivity contribution in [1.29, 1.82) is 0 Å². The number of aryl methyl sites for hydroxylation is 2. The zero-order valence-corrected chi connectivity index (χ0v) is 12.6. The van der Waals surface area contributed by atoms with Crippen LogP contribution in [0.4, 0.5) is 0 Å². The van der Waals surface area contributed by atoms with Crippen molar-refractivity contribution in [2.75, 3.05) is 0 Å². The van der Waals surface area contributed by atoms with Gasteiger partial charge in [-0.3, -0.25) is 9.78 Å². The van der Waals surface area contributed by atoms with Crippen molar-refractivity contribution in [2.45, 2.75) is 33.4 Å². The lowest BCUT2D eigenvalue weighted by Gasteiger charge is -2.15. The lowest BCUT2D eigenvalue weighted by Crippen LogP contribution is -2.36. The van der Waals surface area contributed by atoms with Crippen molar-refractivity contribution < 1.29 is 9.53 Å². The second-order valence-corrected chi connectivity index (χ2v) is 5.05. The van der Waals surface area contributed by atoms with Gasteiger partial charge in [0, 0.05) is 6.20 Å². The Morgan fingerprint density at radius 2 is 2.05 bits per heavy atom. The molecule has 1 heterocycles. The second-order valence-electron chi connectivity index (χ2n) is 5.05. The van der Waals surface area contributed by atoms with Crippen LogP contribution >= 0.6 is 0 Å². The van der Waals surface area contributed by atoms with E-state index in [-0.39, 0.29) is 5.91 Å². The van der Waals surface area contributed by atoms with E-state index in [1.165, 1.54) is 5.56 Å². The van der Waals surface area contributed by atoms with E-state index in [1.807, 2.05) is 50.2 Å². The molecule has 21 heavy (non-hydrogen) atoms. The first-order valence-electron chi connectivity index (χ1n) is 6.98. The molecule has 1 unspecified atom stereocenters. The molecule has 0 bridgehead atoms. The first kappa shape index (κ1) is 15.0. The summed E-state index contributed by atoms with van der Waals surface area (Å²) < 4.78 is 5.67. The average molecular weight is 284 g/mol. The Hall–Kier alpha value is -2.36. The molecular weight excluding hydrogens is 264 g/mol. The molecule has 1 amide bonds. The average Bonchev–Trinajstić information content (AvgIpc) is 2.49. The summed E-state index contributed by atoms with van der Waals surface area (Å²) in [6.07, 6.45) is 1.16. The fourth-order valence-corrected chi connectivity index (χ4v) is 1.87. The van der Waals surface area contributed by atoms with Crippen molar-refractivity contribution in [1.82, 2.24) is 10.3 Å². The Labute approximate surface area is 125 Å². The summed E-state index contributed by atoms with van der Waals surface area (Å²) in [6, 6.07) is 11.4. The third-order valence-electron chi connectivity index (χ3n) is 3.33. The number of ether oxygens (including phenoxy) is 1. The summed E-state index contributed by atoms with van der Waals surface area (Å²) in [4.78, 5) is 16.2. The number of aromatic nitrogens is 1. The van der Waals surface area contributed by atoms with Crippen LogP contribution < -0.4 is 10.1 Å². The molecule has 0 saturated carbocycles. The monoisotopic (exact) mass is 284 g/mol. The zero-order valence-electron chi connectivity index (χ0n) is 12.6. The normalized spacial score (nSPS) is 11.8. The van der Waals surface area contributed by atoms with Crippen molar-refractivity contribution in [2.24, 2.45) is 0 Å². The Morgan fingerprint density at radius 1 is 1.24 bits per heavy atom. The van der Waals surface area contributed by atoms with Crippen LogP contribution in [0.25, 0.3) is 0 Å². The van der Waals surface area contributed by atoms with Crippen LogP contribution in [0, 0.1) is 13.8 Å². The van der Waals surface area contributed by atoms with E-state index in [4.69, 9.17) is 4.74 Å². The first-order chi connectivity index (χ1) is 10.1. The molecule has 1 aromatic carbocycles. The number of nitrogens with one attached hydrogen (secondary N) is 1. The predicted octanol–water partition coefficient (Wildman–Crippen LogP) is 2.78. The predicted molar refractivity (Wildman–Crippen MR) is 82.1 cm³/mol. The Kier molecular flexibility index (Phi) is 4.93. The molecule has 4 nitrogen and oxygen atoms in total. The third-order valence-corrected chi connectivity index (χ3v) is 3.33.